The van der Waals surface area contributed by atoms with Crippen molar-refractivity contribution in [1.82, 2.24) is 5.32 Å². The summed E-state index contributed by atoms with van der Waals surface area (Å²) in [5, 5.41) is 1.70. The molecular formula is C27H20ClF3N2O4. The first kappa shape index (κ1) is 26.0. The Morgan fingerprint density at radius 3 is 2.22 bits per heavy atom. The molecule has 4 amide bonds. The summed E-state index contributed by atoms with van der Waals surface area (Å²) in [6, 6.07) is 13.6. The third kappa shape index (κ3) is 5.83. The second kappa shape index (κ2) is 10.1. The van der Waals surface area contributed by atoms with Gasteiger partial charge in [0.05, 0.1) is 16.3 Å². The van der Waals surface area contributed by atoms with Crippen LogP contribution in [0.25, 0.3) is 6.08 Å². The molecule has 1 heterocycles. The number of ether oxygens (including phenoxy) is 1. The average Bonchev–Trinajstić information content (AvgIpc) is 2.81. The van der Waals surface area contributed by atoms with E-state index in [1.807, 2.05) is 31.3 Å². The van der Waals surface area contributed by atoms with E-state index in [9.17, 15) is 27.6 Å². The zero-order valence-corrected chi connectivity index (χ0v) is 20.4. The van der Waals surface area contributed by atoms with Gasteiger partial charge in [-0.1, -0.05) is 53.1 Å². The molecule has 0 bridgehead atoms. The minimum atomic E-state index is -4.73. The zero-order valence-electron chi connectivity index (χ0n) is 19.7. The van der Waals surface area contributed by atoms with Crippen LogP contribution in [0.3, 0.4) is 0 Å². The molecule has 1 N–H and O–H groups in total. The van der Waals surface area contributed by atoms with E-state index in [4.69, 9.17) is 16.3 Å². The van der Waals surface area contributed by atoms with Crippen molar-refractivity contribution in [3.8, 4) is 5.75 Å². The number of nitrogens with one attached hydrogen (secondary N) is 1. The number of amides is 4. The predicted octanol–water partition coefficient (Wildman–Crippen LogP) is 6.22. The van der Waals surface area contributed by atoms with E-state index in [0.717, 1.165) is 28.8 Å². The average molecular weight is 529 g/mol. The molecule has 6 nitrogen and oxygen atoms in total. The number of anilines is 1. The lowest BCUT2D eigenvalue weighted by Gasteiger charge is -2.27. The maximum atomic E-state index is 13.2. The van der Waals surface area contributed by atoms with Gasteiger partial charge in [-0.25, -0.2) is 9.69 Å². The topological polar surface area (TPSA) is 75.7 Å². The third-order valence-electron chi connectivity index (χ3n) is 5.49. The van der Waals surface area contributed by atoms with Crippen LogP contribution in [0.5, 0.6) is 5.75 Å². The number of rotatable bonds is 5. The van der Waals surface area contributed by atoms with E-state index in [-0.39, 0.29) is 5.02 Å². The summed E-state index contributed by atoms with van der Waals surface area (Å²) in [7, 11) is 0. The lowest BCUT2D eigenvalue weighted by Crippen LogP contribution is -2.54. The molecule has 0 spiro atoms. The van der Waals surface area contributed by atoms with Gasteiger partial charge in [-0.3, -0.25) is 14.9 Å². The minimum Gasteiger partial charge on any atom is -0.489 e. The van der Waals surface area contributed by atoms with Crippen LogP contribution in [0.15, 0.2) is 66.2 Å². The molecule has 0 atom stereocenters. The number of alkyl halides is 3. The van der Waals surface area contributed by atoms with Gasteiger partial charge in [0, 0.05) is 0 Å². The van der Waals surface area contributed by atoms with Gasteiger partial charge in [-0.05, 0) is 61.4 Å². The van der Waals surface area contributed by atoms with E-state index in [1.54, 1.807) is 24.3 Å². The van der Waals surface area contributed by atoms with Crippen molar-refractivity contribution in [2.24, 2.45) is 0 Å². The summed E-state index contributed by atoms with van der Waals surface area (Å²) >= 11 is 6.00. The number of hydrogen-bond acceptors (Lipinski definition) is 4. The fraction of sp³-hybridized carbons (Fsp3) is 0.148. The Bertz CT molecular complexity index is 1410. The van der Waals surface area contributed by atoms with E-state index in [1.165, 1.54) is 6.08 Å². The molecule has 1 saturated heterocycles. The fourth-order valence-electron chi connectivity index (χ4n) is 3.88. The Kier molecular flexibility index (Phi) is 7.09. The van der Waals surface area contributed by atoms with Gasteiger partial charge in [0.25, 0.3) is 11.8 Å². The molecule has 0 aromatic heterocycles. The maximum absolute atomic E-state index is 13.2. The Balaban J connectivity index is 1.56. The lowest BCUT2D eigenvalue weighted by molar-refractivity contribution is -0.137. The standard InChI is InChI=1S/C27H20ClF3N2O4/c1-15-9-16(2)11-18(10-15)14-37-20-6-3-17(4-7-20)12-21-24(34)32-26(36)33(25(21)35)23-13-19(27(29,30)31)5-8-22(23)28/h3-13H,14H2,1-2H3,(H,32,34,36)/b21-12-. The molecule has 0 radical (unpaired) electrons. The molecule has 1 aliphatic rings. The van der Waals surface area contributed by atoms with Crippen LogP contribution in [-0.2, 0) is 22.4 Å². The van der Waals surface area contributed by atoms with E-state index in [2.05, 4.69) is 6.07 Å². The molecule has 1 aliphatic heterocycles. The van der Waals surface area contributed by atoms with Crippen LogP contribution >= 0.6 is 11.6 Å². The van der Waals surface area contributed by atoms with Crippen LogP contribution in [0.1, 0.15) is 27.8 Å². The molecule has 1 fully saturated rings. The van der Waals surface area contributed by atoms with Gasteiger partial charge >= 0.3 is 12.2 Å². The summed E-state index contributed by atoms with van der Waals surface area (Å²) in [5.41, 5.74) is 1.63. The Morgan fingerprint density at radius 2 is 1.59 bits per heavy atom. The predicted molar refractivity (Wildman–Crippen MR) is 132 cm³/mol. The van der Waals surface area contributed by atoms with Gasteiger partial charge < -0.3 is 4.74 Å². The first-order valence-corrected chi connectivity index (χ1v) is 11.4. The monoisotopic (exact) mass is 528 g/mol. The van der Waals surface area contributed by atoms with Crippen LogP contribution in [0, 0.1) is 13.8 Å². The highest BCUT2D eigenvalue weighted by atomic mass is 35.5. The molecule has 190 valence electrons. The van der Waals surface area contributed by atoms with E-state index < -0.39 is 40.8 Å². The van der Waals surface area contributed by atoms with Crippen LogP contribution in [-0.4, -0.2) is 17.8 Å². The normalized spacial score (nSPS) is 15.2. The number of benzene rings is 3. The van der Waals surface area contributed by atoms with Crippen molar-refractivity contribution < 1.29 is 32.3 Å². The number of hydrogen-bond donors (Lipinski definition) is 1. The second-order valence-corrected chi connectivity index (χ2v) is 8.88. The lowest BCUT2D eigenvalue weighted by atomic mass is 10.1. The molecule has 4 rings (SSSR count). The van der Waals surface area contributed by atoms with Crippen molar-refractivity contribution in [3.63, 3.8) is 0 Å². The highest BCUT2D eigenvalue weighted by molar-refractivity contribution is 6.42. The fourth-order valence-corrected chi connectivity index (χ4v) is 4.08. The summed E-state index contributed by atoms with van der Waals surface area (Å²) < 4.78 is 45.4. The first-order chi connectivity index (χ1) is 17.4. The number of barbiturate groups is 1. The van der Waals surface area contributed by atoms with Crippen LogP contribution in [0.2, 0.25) is 5.02 Å². The molecule has 10 heteroatoms. The molecule has 0 saturated carbocycles. The van der Waals surface area contributed by atoms with E-state index >= 15 is 0 Å². The third-order valence-corrected chi connectivity index (χ3v) is 5.81. The molecule has 37 heavy (non-hydrogen) atoms. The number of halogens is 4. The van der Waals surface area contributed by atoms with Gasteiger partial charge in [-0.15, -0.1) is 0 Å². The van der Waals surface area contributed by atoms with Gasteiger partial charge in [0.2, 0.25) is 0 Å². The van der Waals surface area contributed by atoms with Gasteiger partial charge in [0.15, 0.2) is 0 Å². The van der Waals surface area contributed by atoms with Crippen molar-refractivity contribution in [2.75, 3.05) is 4.90 Å². The number of carbonyl (C=O) groups is 3. The van der Waals surface area contributed by atoms with Crippen molar-refractivity contribution >= 4 is 41.2 Å². The molecule has 3 aromatic rings. The summed E-state index contributed by atoms with van der Waals surface area (Å²) in [5.74, 6) is -1.54. The van der Waals surface area contributed by atoms with Crippen LogP contribution < -0.4 is 15.0 Å². The number of carbonyl (C=O) groups excluding carboxylic acids is 3. The second-order valence-electron chi connectivity index (χ2n) is 8.48. The first-order valence-electron chi connectivity index (χ1n) is 11.0. The minimum absolute atomic E-state index is 0.268. The zero-order chi connectivity index (χ0) is 26.9. The van der Waals surface area contributed by atoms with Crippen molar-refractivity contribution in [1.29, 1.82) is 0 Å². The van der Waals surface area contributed by atoms with E-state index in [0.29, 0.717) is 28.9 Å². The smallest absolute Gasteiger partial charge is 0.416 e. The van der Waals surface area contributed by atoms with Gasteiger partial charge in [-0.2, -0.15) is 13.2 Å². The van der Waals surface area contributed by atoms with Crippen LogP contribution in [0.4, 0.5) is 23.7 Å². The Morgan fingerprint density at radius 1 is 0.946 bits per heavy atom. The summed E-state index contributed by atoms with van der Waals surface area (Å²) in [4.78, 5) is 38.3. The number of imide groups is 2. The highest BCUT2D eigenvalue weighted by Gasteiger charge is 2.39. The SMILES string of the molecule is Cc1cc(C)cc(COc2ccc(/C=C3/C(=O)NC(=O)N(c4cc(C(F)(F)F)ccc4Cl)C3=O)cc2)c1. The quantitative estimate of drug-likeness (QED) is 0.315. The maximum Gasteiger partial charge on any atom is 0.416 e. The molecule has 3 aromatic carbocycles. The van der Waals surface area contributed by atoms with Gasteiger partial charge in [0.1, 0.15) is 17.9 Å². The largest absolute Gasteiger partial charge is 0.489 e. The number of urea groups is 1. The number of aryl methyl sites for hydroxylation is 2. The van der Waals surface area contributed by atoms with Crippen molar-refractivity contribution in [2.45, 2.75) is 26.6 Å². The molecule has 0 aliphatic carbocycles. The highest BCUT2D eigenvalue weighted by Crippen LogP contribution is 2.36. The Hall–Kier alpha value is -4.11. The molecular weight excluding hydrogens is 509 g/mol. The Labute approximate surface area is 215 Å². The van der Waals surface area contributed by atoms with Crippen molar-refractivity contribution in [3.05, 3.63) is 99.1 Å². The summed E-state index contributed by atoms with van der Waals surface area (Å²) in [6.45, 7) is 4.34. The summed E-state index contributed by atoms with van der Waals surface area (Å²) in [6.07, 6.45) is -3.50. The number of nitrogens with zero attached hydrogens (tertiary/aromatic N) is 1. The molecule has 0 unspecified atom stereocenters.